The third-order valence-corrected chi connectivity index (χ3v) is 6.50. The van der Waals surface area contributed by atoms with Crippen molar-refractivity contribution in [3.8, 4) is 0 Å². The van der Waals surface area contributed by atoms with Crippen LogP contribution in [0.15, 0.2) is 42.5 Å². The molecule has 0 radical (unpaired) electrons. The Morgan fingerprint density at radius 2 is 1.75 bits per heavy atom. The zero-order chi connectivity index (χ0) is 23.3. The van der Waals surface area contributed by atoms with Gasteiger partial charge in [0.15, 0.2) is 0 Å². The van der Waals surface area contributed by atoms with Crippen molar-refractivity contribution >= 4 is 40.7 Å². The summed E-state index contributed by atoms with van der Waals surface area (Å²) < 4.78 is 0. The molecule has 1 aliphatic carbocycles. The van der Waals surface area contributed by atoms with Crippen LogP contribution in [0.5, 0.6) is 0 Å². The van der Waals surface area contributed by atoms with Crippen molar-refractivity contribution in [2.24, 2.45) is 0 Å². The maximum atomic E-state index is 13.3. The van der Waals surface area contributed by atoms with E-state index < -0.39 is 16.9 Å². The predicted molar refractivity (Wildman–Crippen MR) is 124 cm³/mol. The Morgan fingerprint density at radius 1 is 1.12 bits per heavy atom. The van der Waals surface area contributed by atoms with Crippen molar-refractivity contribution in [2.75, 3.05) is 0 Å². The Hall–Kier alpha value is -2.64. The number of benzene rings is 2. The summed E-state index contributed by atoms with van der Waals surface area (Å²) in [6.45, 7) is 1.66. The van der Waals surface area contributed by atoms with E-state index in [1.54, 1.807) is 43.3 Å². The molecule has 0 aliphatic heterocycles. The third kappa shape index (κ3) is 5.78. The second kappa shape index (κ2) is 10.8. The molecule has 1 atom stereocenters. The number of nitro groups is 1. The molecule has 2 aromatic rings. The number of nitro benzene ring substituents is 1. The Kier molecular flexibility index (Phi) is 8.10. The Bertz CT molecular complexity index is 988. The molecule has 1 fully saturated rings. The molecule has 0 heterocycles. The van der Waals surface area contributed by atoms with Crippen molar-refractivity contribution in [3.63, 3.8) is 0 Å². The average molecular weight is 478 g/mol. The van der Waals surface area contributed by atoms with Crippen molar-refractivity contribution in [2.45, 2.75) is 57.7 Å². The number of halogens is 2. The molecule has 2 aromatic carbocycles. The standard InChI is InChI=1S/C23H25Cl2N3O4/c1-15(23(30)26-17-8-3-4-9-17)27(14-18-19(24)10-6-11-20(18)25)22(29)13-16-7-2-5-12-21(16)28(31)32/h2,5-7,10-12,15,17H,3-4,8-9,13-14H2,1H3,(H,26,30)/t15-/m1/s1. The van der Waals surface area contributed by atoms with Crippen molar-refractivity contribution < 1.29 is 14.5 Å². The number of rotatable bonds is 8. The number of amides is 2. The number of nitrogens with one attached hydrogen (secondary N) is 1. The highest BCUT2D eigenvalue weighted by molar-refractivity contribution is 6.36. The zero-order valence-corrected chi connectivity index (χ0v) is 19.2. The predicted octanol–water partition coefficient (Wildman–Crippen LogP) is 4.92. The average Bonchev–Trinajstić information content (AvgIpc) is 3.26. The summed E-state index contributed by atoms with van der Waals surface area (Å²) >= 11 is 12.6. The van der Waals surface area contributed by atoms with Gasteiger partial charge in [-0.25, -0.2) is 0 Å². The Labute approximate surface area is 196 Å². The topological polar surface area (TPSA) is 92.6 Å². The normalized spacial score (nSPS) is 14.7. The second-order valence-electron chi connectivity index (χ2n) is 7.95. The van der Waals surface area contributed by atoms with E-state index in [0.717, 1.165) is 25.7 Å². The number of carbonyl (C=O) groups is 2. The van der Waals surface area contributed by atoms with Gasteiger partial charge in [-0.15, -0.1) is 0 Å². The molecule has 0 bridgehead atoms. The largest absolute Gasteiger partial charge is 0.352 e. The minimum atomic E-state index is -0.807. The summed E-state index contributed by atoms with van der Waals surface area (Å²) in [4.78, 5) is 38.5. The first-order valence-electron chi connectivity index (χ1n) is 10.5. The van der Waals surface area contributed by atoms with E-state index in [1.807, 2.05) is 0 Å². The fourth-order valence-corrected chi connectivity index (χ4v) is 4.45. The van der Waals surface area contributed by atoms with Crippen LogP contribution < -0.4 is 5.32 Å². The van der Waals surface area contributed by atoms with Crippen molar-refractivity contribution in [1.29, 1.82) is 0 Å². The summed E-state index contributed by atoms with van der Waals surface area (Å²) in [7, 11) is 0. The first-order valence-corrected chi connectivity index (χ1v) is 11.3. The first-order chi connectivity index (χ1) is 15.3. The summed E-state index contributed by atoms with van der Waals surface area (Å²) in [5, 5.41) is 15.1. The first kappa shape index (κ1) is 24.0. The Morgan fingerprint density at radius 3 is 2.38 bits per heavy atom. The van der Waals surface area contributed by atoms with Gasteiger partial charge in [-0.05, 0) is 31.9 Å². The third-order valence-electron chi connectivity index (χ3n) is 5.79. The van der Waals surface area contributed by atoms with Crippen LogP contribution in [0.3, 0.4) is 0 Å². The van der Waals surface area contributed by atoms with Gasteiger partial charge >= 0.3 is 0 Å². The van der Waals surface area contributed by atoms with E-state index in [0.29, 0.717) is 15.6 Å². The minimum absolute atomic E-state index is 0.0111. The summed E-state index contributed by atoms with van der Waals surface area (Å²) in [5.74, 6) is -0.694. The lowest BCUT2D eigenvalue weighted by Crippen LogP contribution is -2.50. The molecule has 170 valence electrons. The van der Waals surface area contributed by atoms with Gasteiger partial charge in [0.1, 0.15) is 6.04 Å². The fraction of sp³-hybridized carbons (Fsp3) is 0.391. The van der Waals surface area contributed by atoms with Gasteiger partial charge in [-0.2, -0.15) is 0 Å². The summed E-state index contributed by atoms with van der Waals surface area (Å²) in [6.07, 6.45) is 3.74. The molecule has 1 aliphatic rings. The van der Waals surface area contributed by atoms with E-state index in [9.17, 15) is 19.7 Å². The van der Waals surface area contributed by atoms with E-state index in [4.69, 9.17) is 23.2 Å². The molecule has 7 nitrogen and oxygen atoms in total. The van der Waals surface area contributed by atoms with Gasteiger partial charge < -0.3 is 10.2 Å². The molecule has 9 heteroatoms. The number of hydrogen-bond acceptors (Lipinski definition) is 4. The van der Waals surface area contributed by atoms with Gasteiger partial charge in [0.2, 0.25) is 11.8 Å². The maximum absolute atomic E-state index is 13.3. The van der Waals surface area contributed by atoms with Gasteiger partial charge in [-0.1, -0.05) is 60.3 Å². The Balaban J connectivity index is 1.87. The van der Waals surface area contributed by atoms with Crippen LogP contribution in [-0.2, 0) is 22.6 Å². The summed E-state index contributed by atoms with van der Waals surface area (Å²) in [5.41, 5.74) is 0.660. The van der Waals surface area contributed by atoms with E-state index >= 15 is 0 Å². The van der Waals surface area contributed by atoms with E-state index in [-0.39, 0.29) is 36.2 Å². The van der Waals surface area contributed by atoms with Crippen LogP contribution in [0.4, 0.5) is 5.69 Å². The number of para-hydroxylation sites is 1. The van der Waals surface area contributed by atoms with Gasteiger partial charge in [0.25, 0.3) is 5.69 Å². The minimum Gasteiger partial charge on any atom is -0.352 e. The highest BCUT2D eigenvalue weighted by Gasteiger charge is 2.30. The maximum Gasteiger partial charge on any atom is 0.273 e. The van der Waals surface area contributed by atoms with Crippen LogP contribution in [0.1, 0.15) is 43.7 Å². The molecule has 0 spiro atoms. The molecule has 0 saturated heterocycles. The molecule has 0 unspecified atom stereocenters. The molecule has 32 heavy (non-hydrogen) atoms. The second-order valence-corrected chi connectivity index (χ2v) is 8.76. The lowest BCUT2D eigenvalue weighted by Gasteiger charge is -2.30. The lowest BCUT2D eigenvalue weighted by atomic mass is 10.1. The monoisotopic (exact) mass is 477 g/mol. The fourth-order valence-electron chi connectivity index (χ4n) is 3.93. The lowest BCUT2D eigenvalue weighted by molar-refractivity contribution is -0.385. The molecule has 3 rings (SSSR count). The number of carbonyl (C=O) groups excluding carboxylic acids is 2. The number of hydrogen-bond donors (Lipinski definition) is 1. The van der Waals surface area contributed by atoms with Gasteiger partial charge in [0.05, 0.1) is 11.3 Å². The molecule has 1 saturated carbocycles. The van der Waals surface area contributed by atoms with Crippen molar-refractivity contribution in [1.82, 2.24) is 10.2 Å². The molecule has 2 amide bonds. The van der Waals surface area contributed by atoms with Gasteiger partial charge in [0, 0.05) is 39.8 Å². The number of nitrogens with zero attached hydrogens (tertiary/aromatic N) is 2. The van der Waals surface area contributed by atoms with Crippen LogP contribution in [0.2, 0.25) is 10.0 Å². The highest BCUT2D eigenvalue weighted by Crippen LogP contribution is 2.28. The van der Waals surface area contributed by atoms with Crippen molar-refractivity contribution in [3.05, 3.63) is 73.8 Å². The van der Waals surface area contributed by atoms with E-state index in [1.165, 1.54) is 11.0 Å². The quantitative estimate of drug-likeness (QED) is 0.431. The highest BCUT2D eigenvalue weighted by atomic mass is 35.5. The molecular formula is C23H25Cl2N3O4. The molecule has 1 N–H and O–H groups in total. The SMILES string of the molecule is C[C@H](C(=O)NC1CCCC1)N(Cc1c(Cl)cccc1Cl)C(=O)Cc1ccccc1[N+](=O)[O-]. The van der Waals surface area contributed by atoms with Gasteiger partial charge in [-0.3, -0.25) is 19.7 Å². The smallest absolute Gasteiger partial charge is 0.273 e. The van der Waals surface area contributed by atoms with Crippen LogP contribution in [0, 0.1) is 10.1 Å². The van der Waals surface area contributed by atoms with Crippen LogP contribution >= 0.6 is 23.2 Å². The van der Waals surface area contributed by atoms with Crippen LogP contribution in [0.25, 0.3) is 0 Å². The molecular weight excluding hydrogens is 453 g/mol. The molecule has 0 aromatic heterocycles. The summed E-state index contributed by atoms with van der Waals surface area (Å²) in [6, 6.07) is 10.4. The van der Waals surface area contributed by atoms with E-state index in [2.05, 4.69) is 5.32 Å². The zero-order valence-electron chi connectivity index (χ0n) is 17.7. The van der Waals surface area contributed by atoms with Crippen LogP contribution in [-0.4, -0.2) is 33.7 Å².